The number of rotatable bonds is 3. The average molecular weight is 396 g/mol. The maximum Gasteiger partial charge on any atom is 0.0701 e. The highest BCUT2D eigenvalue weighted by Gasteiger charge is 2.04. The van der Waals surface area contributed by atoms with Gasteiger partial charge in [-0.2, -0.15) is 0 Å². The molecule has 0 unspecified atom stereocenters. The Balaban J connectivity index is 2.11. The van der Waals surface area contributed by atoms with Crippen molar-refractivity contribution in [3.8, 4) is 0 Å². The monoisotopic (exact) mass is 393 g/mol. The van der Waals surface area contributed by atoms with Gasteiger partial charge in [-0.15, -0.1) is 11.3 Å². The van der Waals surface area contributed by atoms with E-state index < -0.39 is 0 Å². The summed E-state index contributed by atoms with van der Waals surface area (Å²) in [5.74, 6) is 0. The van der Waals surface area contributed by atoms with Crippen LogP contribution >= 0.6 is 54.8 Å². The third-order valence-corrected chi connectivity index (χ3v) is 4.97. The molecule has 0 spiro atoms. The summed E-state index contributed by atoms with van der Waals surface area (Å²) in [6.45, 7) is 2.78. The van der Waals surface area contributed by atoms with Crippen LogP contribution in [-0.2, 0) is 6.54 Å². The SMILES string of the molecule is Cc1cc(Br)c(NCc2csc(Br)c2)cc1Cl. The number of anilines is 1. The maximum atomic E-state index is 6.11. The first-order valence-electron chi connectivity index (χ1n) is 4.98. The molecule has 0 radical (unpaired) electrons. The van der Waals surface area contributed by atoms with Crippen LogP contribution in [0.25, 0.3) is 0 Å². The quantitative estimate of drug-likeness (QED) is 0.688. The Hall–Kier alpha value is -0.0300. The molecule has 90 valence electrons. The maximum absolute atomic E-state index is 6.11. The molecule has 0 bridgehead atoms. The topological polar surface area (TPSA) is 12.0 Å². The highest BCUT2D eigenvalue weighted by molar-refractivity contribution is 9.11. The first-order chi connectivity index (χ1) is 8.06. The molecule has 1 aromatic heterocycles. The van der Waals surface area contributed by atoms with Crippen LogP contribution in [0.4, 0.5) is 5.69 Å². The van der Waals surface area contributed by atoms with Crippen LogP contribution < -0.4 is 5.32 Å². The lowest BCUT2D eigenvalue weighted by Crippen LogP contribution is -1.99. The zero-order valence-electron chi connectivity index (χ0n) is 9.06. The molecule has 5 heteroatoms. The number of benzene rings is 1. The largest absolute Gasteiger partial charge is 0.380 e. The van der Waals surface area contributed by atoms with Crippen LogP contribution in [0.3, 0.4) is 0 Å². The predicted octanol–water partition coefficient (Wildman–Crippen LogP) is 5.85. The highest BCUT2D eigenvalue weighted by atomic mass is 79.9. The van der Waals surface area contributed by atoms with Crippen molar-refractivity contribution in [1.82, 2.24) is 0 Å². The first-order valence-corrected chi connectivity index (χ1v) is 7.83. The normalized spacial score (nSPS) is 10.6. The minimum absolute atomic E-state index is 0.780. The Kier molecular flexibility index (Phi) is 4.53. The molecule has 1 heterocycles. The zero-order chi connectivity index (χ0) is 12.4. The second-order valence-corrected chi connectivity index (χ2v) is 7.25. The van der Waals surface area contributed by atoms with Gasteiger partial charge in [0.25, 0.3) is 0 Å². The summed E-state index contributed by atoms with van der Waals surface area (Å²) in [6.07, 6.45) is 0. The van der Waals surface area contributed by atoms with Gasteiger partial charge in [-0.1, -0.05) is 11.6 Å². The lowest BCUT2D eigenvalue weighted by Gasteiger charge is -2.09. The second-order valence-electron chi connectivity index (χ2n) is 3.69. The molecule has 2 aromatic rings. The molecule has 0 aliphatic heterocycles. The van der Waals surface area contributed by atoms with Crippen LogP contribution in [0.15, 0.2) is 31.8 Å². The molecule has 1 aromatic carbocycles. The van der Waals surface area contributed by atoms with Crippen LogP contribution in [0.2, 0.25) is 5.02 Å². The molecule has 0 saturated heterocycles. The van der Waals surface area contributed by atoms with Crippen molar-refractivity contribution in [2.45, 2.75) is 13.5 Å². The second kappa shape index (κ2) is 5.74. The molecule has 0 amide bonds. The third-order valence-electron chi connectivity index (χ3n) is 2.35. The van der Waals surface area contributed by atoms with E-state index in [1.54, 1.807) is 11.3 Å². The van der Waals surface area contributed by atoms with Gasteiger partial charge in [0.05, 0.1) is 9.47 Å². The Labute approximate surface area is 126 Å². The summed E-state index contributed by atoms with van der Waals surface area (Å²) in [7, 11) is 0. The summed E-state index contributed by atoms with van der Waals surface area (Å²) in [5.41, 5.74) is 3.34. The summed E-state index contributed by atoms with van der Waals surface area (Å²) >= 11 is 14.8. The van der Waals surface area contributed by atoms with Gasteiger partial charge in [0.2, 0.25) is 0 Å². The molecule has 0 saturated carbocycles. The first kappa shape index (κ1) is 13.4. The molecule has 0 aliphatic carbocycles. The Morgan fingerprint density at radius 2 is 2.06 bits per heavy atom. The van der Waals surface area contributed by atoms with Gasteiger partial charge in [0, 0.05) is 16.0 Å². The number of aryl methyl sites for hydroxylation is 1. The van der Waals surface area contributed by atoms with Crippen LogP contribution in [0, 0.1) is 6.92 Å². The third kappa shape index (κ3) is 3.47. The van der Waals surface area contributed by atoms with E-state index in [4.69, 9.17) is 11.6 Å². The van der Waals surface area contributed by atoms with Crippen molar-refractivity contribution in [1.29, 1.82) is 0 Å². The van der Waals surface area contributed by atoms with Crippen molar-refractivity contribution in [3.63, 3.8) is 0 Å². The van der Waals surface area contributed by atoms with Gasteiger partial charge >= 0.3 is 0 Å². The van der Waals surface area contributed by atoms with Gasteiger partial charge in [-0.25, -0.2) is 0 Å². The fourth-order valence-electron chi connectivity index (χ4n) is 1.42. The van der Waals surface area contributed by atoms with Crippen molar-refractivity contribution in [3.05, 3.63) is 48.0 Å². The van der Waals surface area contributed by atoms with Crippen molar-refractivity contribution < 1.29 is 0 Å². The van der Waals surface area contributed by atoms with Crippen molar-refractivity contribution in [2.75, 3.05) is 5.32 Å². The molecule has 0 fully saturated rings. The standard InChI is InChI=1S/C12H10Br2ClNS/c1-7-2-9(13)11(4-10(7)15)16-5-8-3-12(14)17-6-8/h2-4,6,16H,5H2,1H3. The summed E-state index contributed by atoms with van der Waals surface area (Å²) < 4.78 is 2.18. The number of nitrogens with one attached hydrogen (secondary N) is 1. The van der Waals surface area contributed by atoms with Gasteiger partial charge in [-0.3, -0.25) is 0 Å². The Morgan fingerprint density at radius 3 is 2.71 bits per heavy atom. The summed E-state index contributed by atoms with van der Waals surface area (Å²) in [4.78, 5) is 0. The molecule has 2 rings (SSSR count). The van der Waals surface area contributed by atoms with Gasteiger partial charge in [0.1, 0.15) is 0 Å². The van der Waals surface area contributed by atoms with E-state index in [1.807, 2.05) is 19.1 Å². The van der Waals surface area contributed by atoms with E-state index in [-0.39, 0.29) is 0 Å². The minimum atomic E-state index is 0.780. The smallest absolute Gasteiger partial charge is 0.0701 e. The van der Waals surface area contributed by atoms with E-state index in [9.17, 15) is 0 Å². The van der Waals surface area contributed by atoms with Crippen LogP contribution in [0.5, 0.6) is 0 Å². The van der Waals surface area contributed by atoms with E-state index in [0.717, 1.165) is 31.1 Å². The highest BCUT2D eigenvalue weighted by Crippen LogP contribution is 2.30. The van der Waals surface area contributed by atoms with Gasteiger partial charge in [0.15, 0.2) is 0 Å². The molecular formula is C12H10Br2ClNS. The fraction of sp³-hybridized carbons (Fsp3) is 0.167. The molecular weight excluding hydrogens is 385 g/mol. The van der Waals surface area contributed by atoms with Crippen molar-refractivity contribution in [2.24, 2.45) is 0 Å². The summed E-state index contributed by atoms with van der Waals surface area (Å²) in [5, 5.41) is 6.27. The van der Waals surface area contributed by atoms with Crippen molar-refractivity contribution >= 4 is 60.5 Å². The lowest BCUT2D eigenvalue weighted by atomic mass is 10.2. The molecule has 0 aliphatic rings. The van der Waals surface area contributed by atoms with Gasteiger partial charge in [-0.05, 0) is 73.5 Å². The van der Waals surface area contributed by atoms with E-state index in [2.05, 4.69) is 48.6 Å². The fourth-order valence-corrected chi connectivity index (χ4v) is 3.39. The van der Waals surface area contributed by atoms with Crippen LogP contribution in [-0.4, -0.2) is 0 Å². The van der Waals surface area contributed by atoms with Crippen LogP contribution in [0.1, 0.15) is 11.1 Å². The van der Waals surface area contributed by atoms with E-state index in [0.29, 0.717) is 0 Å². The molecule has 0 atom stereocenters. The average Bonchev–Trinajstić information content (AvgIpc) is 2.68. The van der Waals surface area contributed by atoms with E-state index >= 15 is 0 Å². The number of hydrogen-bond donors (Lipinski definition) is 1. The Morgan fingerprint density at radius 1 is 1.29 bits per heavy atom. The number of thiophene rings is 1. The molecule has 1 N–H and O–H groups in total. The Bertz CT molecular complexity index is 539. The number of hydrogen-bond acceptors (Lipinski definition) is 2. The number of halogens is 3. The van der Waals surface area contributed by atoms with E-state index in [1.165, 1.54) is 5.56 Å². The molecule has 1 nitrogen and oxygen atoms in total. The summed E-state index contributed by atoms with van der Waals surface area (Å²) in [6, 6.07) is 6.08. The predicted molar refractivity (Wildman–Crippen MR) is 83.2 cm³/mol. The minimum Gasteiger partial charge on any atom is -0.380 e. The lowest BCUT2D eigenvalue weighted by molar-refractivity contribution is 1.16. The van der Waals surface area contributed by atoms with Gasteiger partial charge < -0.3 is 5.32 Å². The molecule has 17 heavy (non-hydrogen) atoms. The zero-order valence-corrected chi connectivity index (χ0v) is 13.8.